The Kier molecular flexibility index (Phi) is 2.83. The first-order valence-electron chi connectivity index (χ1n) is 9.00. The molecule has 3 nitrogen and oxygen atoms in total. The van der Waals surface area contributed by atoms with E-state index in [0.717, 1.165) is 12.8 Å². The standard InChI is InChI=1S/C21H22O3Se/c1-18-11-9-14-16(21(18)12-10-15(22)20(18,21)3)24-17(23)19(14,2)25-13-7-5-4-6-8-13/h4-8,10,12,14,16H,9,11H2,1-3H3/t14-,16+,18-,19-,20?,21?/m1/s1. The summed E-state index contributed by atoms with van der Waals surface area (Å²) in [6, 6.07) is 10.3. The molecule has 5 rings (SSSR count). The molecular weight excluding hydrogens is 379 g/mol. The quantitative estimate of drug-likeness (QED) is 0.566. The molecule has 0 radical (unpaired) electrons. The molecule has 0 amide bonds. The number of rotatable bonds is 2. The zero-order chi connectivity index (χ0) is 17.7. The summed E-state index contributed by atoms with van der Waals surface area (Å²) in [5.41, 5.74) is -0.719. The van der Waals surface area contributed by atoms with Gasteiger partial charge in [-0.15, -0.1) is 0 Å². The van der Waals surface area contributed by atoms with Crippen LogP contribution in [0.2, 0.25) is 4.31 Å². The van der Waals surface area contributed by atoms with E-state index in [4.69, 9.17) is 4.74 Å². The van der Waals surface area contributed by atoms with Crippen LogP contribution in [0.1, 0.15) is 33.6 Å². The Hall–Kier alpha value is -1.38. The van der Waals surface area contributed by atoms with Crippen LogP contribution in [0.5, 0.6) is 0 Å². The molecule has 4 aliphatic rings. The first-order valence-corrected chi connectivity index (χ1v) is 10.7. The number of ketones is 1. The van der Waals surface area contributed by atoms with Gasteiger partial charge < -0.3 is 0 Å². The molecule has 3 fully saturated rings. The third-order valence-electron chi connectivity index (χ3n) is 7.96. The van der Waals surface area contributed by atoms with Gasteiger partial charge in [0.15, 0.2) is 0 Å². The minimum atomic E-state index is -0.446. The van der Waals surface area contributed by atoms with Crippen molar-refractivity contribution >= 4 is 31.2 Å². The molecule has 1 aromatic rings. The van der Waals surface area contributed by atoms with Gasteiger partial charge in [0.25, 0.3) is 0 Å². The van der Waals surface area contributed by atoms with E-state index >= 15 is 0 Å². The van der Waals surface area contributed by atoms with Gasteiger partial charge in [-0.1, -0.05) is 0 Å². The third-order valence-corrected chi connectivity index (χ3v) is 10.9. The van der Waals surface area contributed by atoms with Crippen molar-refractivity contribution in [2.45, 2.75) is 44.0 Å². The number of fused-ring (bicyclic) bond motifs is 2. The number of allylic oxidation sites excluding steroid dienone is 1. The Morgan fingerprint density at radius 2 is 1.84 bits per heavy atom. The van der Waals surface area contributed by atoms with Crippen molar-refractivity contribution in [3.8, 4) is 0 Å². The van der Waals surface area contributed by atoms with E-state index in [1.165, 1.54) is 4.46 Å². The van der Waals surface area contributed by atoms with Gasteiger partial charge in [0, 0.05) is 0 Å². The number of hydrogen-bond donors (Lipinski definition) is 0. The summed E-state index contributed by atoms with van der Waals surface area (Å²) in [5.74, 6) is 0.353. The van der Waals surface area contributed by atoms with Crippen LogP contribution in [-0.4, -0.2) is 32.8 Å². The monoisotopic (exact) mass is 402 g/mol. The SMILES string of the molecule is CC12C(=O)C=CC13[C@H]1OC(=O)[C@](C)([Se]c4ccccc4)[C@@H]1CC[C@]23C. The molecule has 0 bridgehead atoms. The maximum atomic E-state index is 13.0. The topological polar surface area (TPSA) is 43.4 Å². The Morgan fingerprint density at radius 1 is 1.12 bits per heavy atom. The molecule has 2 saturated carbocycles. The summed E-state index contributed by atoms with van der Waals surface area (Å²) >= 11 is 0.0206. The summed E-state index contributed by atoms with van der Waals surface area (Å²) in [4.78, 5) is 25.6. The maximum absolute atomic E-state index is 13.0. The number of carbonyl (C=O) groups is 2. The first-order chi connectivity index (χ1) is 11.8. The average Bonchev–Trinajstić information content (AvgIpc) is 2.75. The molecule has 1 spiro atoms. The fourth-order valence-electron chi connectivity index (χ4n) is 6.29. The predicted octanol–water partition coefficient (Wildman–Crippen LogP) is 2.68. The summed E-state index contributed by atoms with van der Waals surface area (Å²) in [5, 5.41) is 0. The summed E-state index contributed by atoms with van der Waals surface area (Å²) in [6.45, 7) is 6.40. The van der Waals surface area contributed by atoms with Crippen molar-refractivity contribution in [3.63, 3.8) is 0 Å². The first kappa shape index (κ1) is 15.8. The molecule has 2 unspecified atom stereocenters. The van der Waals surface area contributed by atoms with Gasteiger partial charge >= 0.3 is 154 Å². The molecule has 0 aromatic heterocycles. The van der Waals surface area contributed by atoms with Crippen LogP contribution in [-0.2, 0) is 14.3 Å². The van der Waals surface area contributed by atoms with Gasteiger partial charge in [-0.2, -0.15) is 0 Å². The van der Waals surface area contributed by atoms with E-state index in [0.29, 0.717) is 0 Å². The van der Waals surface area contributed by atoms with E-state index < -0.39 is 4.31 Å². The van der Waals surface area contributed by atoms with Crippen molar-refractivity contribution in [1.29, 1.82) is 0 Å². The van der Waals surface area contributed by atoms with Crippen LogP contribution >= 0.6 is 0 Å². The molecule has 6 atom stereocenters. The van der Waals surface area contributed by atoms with Gasteiger partial charge in [-0.05, 0) is 0 Å². The summed E-state index contributed by atoms with van der Waals surface area (Å²) in [6.07, 6.45) is 5.63. The second-order valence-corrected chi connectivity index (χ2v) is 11.7. The molecular formula is C21H22O3Se. The van der Waals surface area contributed by atoms with Crippen LogP contribution in [0.4, 0.5) is 0 Å². The Bertz CT molecular complexity index is 833. The number of esters is 1. The van der Waals surface area contributed by atoms with E-state index in [1.807, 2.05) is 18.2 Å². The molecule has 3 aliphatic carbocycles. The van der Waals surface area contributed by atoms with Crippen LogP contribution in [0.15, 0.2) is 42.5 Å². The number of hydrogen-bond acceptors (Lipinski definition) is 3. The summed E-state index contributed by atoms with van der Waals surface area (Å²) < 4.78 is 6.85. The average molecular weight is 401 g/mol. The van der Waals surface area contributed by atoms with Crippen molar-refractivity contribution in [3.05, 3.63) is 42.5 Å². The Labute approximate surface area is 154 Å². The molecule has 1 aliphatic heterocycles. The van der Waals surface area contributed by atoms with Crippen LogP contribution in [0.25, 0.3) is 0 Å². The number of carbonyl (C=O) groups excluding carboxylic acids is 2. The number of ether oxygens (including phenoxy) is 1. The molecule has 1 aromatic carbocycles. The van der Waals surface area contributed by atoms with Crippen molar-refractivity contribution in [1.82, 2.24) is 0 Å². The zero-order valence-electron chi connectivity index (χ0n) is 14.7. The Morgan fingerprint density at radius 3 is 2.56 bits per heavy atom. The van der Waals surface area contributed by atoms with Crippen LogP contribution in [0, 0.1) is 22.2 Å². The molecule has 130 valence electrons. The van der Waals surface area contributed by atoms with E-state index in [9.17, 15) is 9.59 Å². The second kappa shape index (κ2) is 4.47. The van der Waals surface area contributed by atoms with Gasteiger partial charge in [0.1, 0.15) is 0 Å². The third kappa shape index (κ3) is 1.48. The second-order valence-electron chi connectivity index (χ2n) is 8.52. The van der Waals surface area contributed by atoms with Gasteiger partial charge in [0.05, 0.1) is 0 Å². The Balaban J connectivity index is 1.56. The fraction of sp³-hybridized carbons (Fsp3) is 0.524. The van der Waals surface area contributed by atoms with Gasteiger partial charge in [-0.25, -0.2) is 0 Å². The van der Waals surface area contributed by atoms with E-state index in [2.05, 4.69) is 39.0 Å². The van der Waals surface area contributed by atoms with Crippen LogP contribution in [0.3, 0.4) is 0 Å². The van der Waals surface area contributed by atoms with E-state index in [1.54, 1.807) is 6.08 Å². The zero-order valence-corrected chi connectivity index (χ0v) is 16.5. The van der Waals surface area contributed by atoms with Gasteiger partial charge in [0.2, 0.25) is 0 Å². The molecule has 25 heavy (non-hydrogen) atoms. The normalized spacial score (nSPS) is 49.4. The van der Waals surface area contributed by atoms with Gasteiger partial charge in [-0.3, -0.25) is 0 Å². The van der Waals surface area contributed by atoms with E-state index in [-0.39, 0.29) is 55.0 Å². The number of benzene rings is 1. The van der Waals surface area contributed by atoms with Crippen LogP contribution < -0.4 is 4.46 Å². The molecule has 1 heterocycles. The predicted molar refractivity (Wildman–Crippen MR) is 95.6 cm³/mol. The van der Waals surface area contributed by atoms with Crippen molar-refractivity contribution < 1.29 is 14.3 Å². The van der Waals surface area contributed by atoms with Crippen molar-refractivity contribution in [2.24, 2.45) is 22.2 Å². The minimum absolute atomic E-state index is 0.0206. The molecule has 1 saturated heterocycles. The van der Waals surface area contributed by atoms with Crippen molar-refractivity contribution in [2.75, 3.05) is 0 Å². The molecule has 0 N–H and O–H groups in total. The fourth-order valence-corrected chi connectivity index (χ4v) is 9.04. The summed E-state index contributed by atoms with van der Waals surface area (Å²) in [7, 11) is 0. The molecule has 4 heteroatoms.